The van der Waals surface area contributed by atoms with Gasteiger partial charge >= 0.3 is 0 Å². The SMILES string of the molecule is C=C.C=c1cc(C#N)c(=C/C)/c(=C\C)c1=CC.CC. The van der Waals surface area contributed by atoms with E-state index >= 15 is 0 Å². The summed E-state index contributed by atoms with van der Waals surface area (Å²) in [5.74, 6) is 0. The van der Waals surface area contributed by atoms with Crippen LogP contribution in [0.15, 0.2) is 19.2 Å². The van der Waals surface area contributed by atoms with Crippen molar-refractivity contribution < 1.29 is 0 Å². The summed E-state index contributed by atoms with van der Waals surface area (Å²) in [5.41, 5.74) is 0.696. The zero-order valence-corrected chi connectivity index (χ0v) is 12.9. The van der Waals surface area contributed by atoms with Gasteiger partial charge in [0.15, 0.2) is 0 Å². The molecular weight excluding hydrogens is 230 g/mol. The third-order valence-corrected chi connectivity index (χ3v) is 2.52. The quantitative estimate of drug-likeness (QED) is 0.652. The Morgan fingerprint density at radius 2 is 1.37 bits per heavy atom. The first-order valence-electron chi connectivity index (χ1n) is 6.50. The Hall–Kier alpha value is -2.07. The fraction of sp³-hybridized carbons (Fsp3) is 0.278. The van der Waals surface area contributed by atoms with Crippen LogP contribution in [0.3, 0.4) is 0 Å². The number of benzene rings is 1. The average Bonchev–Trinajstić information content (AvgIpc) is 2.49. The zero-order valence-electron chi connectivity index (χ0n) is 12.9. The molecule has 19 heavy (non-hydrogen) atoms. The van der Waals surface area contributed by atoms with Crippen LogP contribution < -0.4 is 20.9 Å². The van der Waals surface area contributed by atoms with Crippen molar-refractivity contribution in [1.29, 1.82) is 5.26 Å². The molecule has 0 saturated heterocycles. The van der Waals surface area contributed by atoms with Crippen molar-refractivity contribution in [2.45, 2.75) is 34.6 Å². The van der Waals surface area contributed by atoms with E-state index in [4.69, 9.17) is 5.26 Å². The molecule has 0 radical (unpaired) electrons. The maximum absolute atomic E-state index is 9.04. The van der Waals surface area contributed by atoms with Gasteiger partial charge in [-0.1, -0.05) is 38.7 Å². The fourth-order valence-corrected chi connectivity index (χ4v) is 1.85. The van der Waals surface area contributed by atoms with Crippen LogP contribution in [0.25, 0.3) is 24.8 Å². The predicted molar refractivity (Wildman–Crippen MR) is 88.2 cm³/mol. The largest absolute Gasteiger partial charge is 0.192 e. The molecule has 0 aliphatic carbocycles. The highest BCUT2D eigenvalue weighted by molar-refractivity contribution is 5.43. The van der Waals surface area contributed by atoms with E-state index in [9.17, 15) is 0 Å². The molecule has 1 heteroatoms. The molecule has 0 bridgehead atoms. The molecular formula is C18H25N. The van der Waals surface area contributed by atoms with Gasteiger partial charge in [-0.05, 0) is 47.7 Å². The van der Waals surface area contributed by atoms with Gasteiger partial charge in [0.2, 0.25) is 0 Å². The lowest BCUT2D eigenvalue weighted by Crippen LogP contribution is -2.48. The predicted octanol–water partition coefficient (Wildman–Crippen LogP) is 2.20. The molecule has 1 aromatic rings. The summed E-state index contributed by atoms with van der Waals surface area (Å²) in [6.07, 6.45) is 6.03. The molecule has 0 saturated carbocycles. The van der Waals surface area contributed by atoms with E-state index in [2.05, 4.69) is 25.8 Å². The van der Waals surface area contributed by atoms with Crippen LogP contribution in [0.2, 0.25) is 0 Å². The number of hydrogen-bond acceptors (Lipinski definition) is 1. The smallest absolute Gasteiger partial charge is 0.0998 e. The second-order valence-electron chi connectivity index (χ2n) is 3.30. The highest BCUT2D eigenvalue weighted by Gasteiger charge is 1.96. The highest BCUT2D eigenvalue weighted by Crippen LogP contribution is 1.77. The standard InChI is InChI=1S/C14H15N.C2H6.C2H4/c1-5-12-10(4)8-11(9-15)13(6-2)14(12)7-3;2*1-2/h5-8H,4H2,1-3H3;1-2H3;1-2H2/b12-5?,13-6-,14-7-;;. The first kappa shape index (κ1) is 19.3. The Bertz CT molecular complexity index is 643. The lowest BCUT2D eigenvalue weighted by molar-refractivity contribution is 1.34. The van der Waals surface area contributed by atoms with Gasteiger partial charge in [0.1, 0.15) is 0 Å². The van der Waals surface area contributed by atoms with Gasteiger partial charge in [-0.3, -0.25) is 0 Å². The lowest BCUT2D eigenvalue weighted by Gasteiger charge is -1.97. The maximum Gasteiger partial charge on any atom is 0.0998 e. The zero-order chi connectivity index (χ0) is 15.4. The van der Waals surface area contributed by atoms with Gasteiger partial charge in [-0.15, -0.1) is 13.2 Å². The molecule has 102 valence electrons. The van der Waals surface area contributed by atoms with Crippen molar-refractivity contribution in [3.8, 4) is 6.07 Å². The Balaban J connectivity index is 0. The summed E-state index contributed by atoms with van der Waals surface area (Å²) < 4.78 is 0. The number of nitriles is 1. The van der Waals surface area contributed by atoms with Crippen molar-refractivity contribution in [2.75, 3.05) is 0 Å². The van der Waals surface area contributed by atoms with Gasteiger partial charge in [0, 0.05) is 0 Å². The van der Waals surface area contributed by atoms with Crippen molar-refractivity contribution >= 4 is 24.8 Å². The number of hydrogen-bond donors (Lipinski definition) is 0. The number of nitrogens with zero attached hydrogens (tertiary/aromatic N) is 1. The van der Waals surface area contributed by atoms with Gasteiger partial charge in [-0.2, -0.15) is 5.26 Å². The monoisotopic (exact) mass is 255 g/mol. The topological polar surface area (TPSA) is 23.8 Å². The summed E-state index contributed by atoms with van der Waals surface area (Å²) in [4.78, 5) is 0. The van der Waals surface area contributed by atoms with E-state index in [-0.39, 0.29) is 0 Å². The molecule has 0 atom stereocenters. The van der Waals surface area contributed by atoms with E-state index < -0.39 is 0 Å². The molecule has 0 amide bonds. The minimum Gasteiger partial charge on any atom is -0.192 e. The molecule has 0 spiro atoms. The maximum atomic E-state index is 9.04. The summed E-state index contributed by atoms with van der Waals surface area (Å²) in [7, 11) is 0. The third-order valence-electron chi connectivity index (χ3n) is 2.52. The molecule has 0 aromatic heterocycles. The molecule has 0 heterocycles. The van der Waals surface area contributed by atoms with Crippen LogP contribution in [0, 0.1) is 11.3 Å². The fourth-order valence-electron chi connectivity index (χ4n) is 1.85. The first-order valence-corrected chi connectivity index (χ1v) is 6.50. The lowest BCUT2D eigenvalue weighted by atomic mass is 10.1. The average molecular weight is 255 g/mol. The number of rotatable bonds is 0. The van der Waals surface area contributed by atoms with Gasteiger partial charge in [0.25, 0.3) is 0 Å². The van der Waals surface area contributed by atoms with E-state index in [0.717, 1.165) is 20.9 Å². The van der Waals surface area contributed by atoms with E-state index in [0.29, 0.717) is 5.56 Å². The summed E-state index contributed by atoms with van der Waals surface area (Å²) in [6, 6.07) is 4.05. The van der Waals surface area contributed by atoms with Crippen LogP contribution >= 0.6 is 0 Å². The second kappa shape index (κ2) is 11.0. The van der Waals surface area contributed by atoms with Gasteiger partial charge in [-0.25, -0.2) is 0 Å². The van der Waals surface area contributed by atoms with Crippen LogP contribution in [-0.4, -0.2) is 0 Å². The van der Waals surface area contributed by atoms with Crippen molar-refractivity contribution in [2.24, 2.45) is 0 Å². The van der Waals surface area contributed by atoms with Gasteiger partial charge < -0.3 is 0 Å². The normalized spacial score (nSPS) is 11.9. The van der Waals surface area contributed by atoms with E-state index in [1.165, 1.54) is 0 Å². The first-order chi connectivity index (χ1) is 9.19. The summed E-state index contributed by atoms with van der Waals surface area (Å²) in [6.45, 7) is 19.9. The molecule has 0 N–H and O–H groups in total. The molecule has 0 unspecified atom stereocenters. The summed E-state index contributed by atoms with van der Waals surface area (Å²) in [5, 5.41) is 13.2. The molecule has 0 aliphatic rings. The van der Waals surface area contributed by atoms with Crippen LogP contribution in [-0.2, 0) is 0 Å². The van der Waals surface area contributed by atoms with Crippen molar-refractivity contribution in [3.05, 3.63) is 45.7 Å². The van der Waals surface area contributed by atoms with Crippen LogP contribution in [0.1, 0.15) is 40.2 Å². The van der Waals surface area contributed by atoms with E-state index in [1.54, 1.807) is 0 Å². The van der Waals surface area contributed by atoms with Crippen molar-refractivity contribution in [1.82, 2.24) is 0 Å². The van der Waals surface area contributed by atoms with Crippen LogP contribution in [0.5, 0.6) is 0 Å². The van der Waals surface area contributed by atoms with Crippen LogP contribution in [0.4, 0.5) is 0 Å². The molecule has 1 rings (SSSR count). The Morgan fingerprint density at radius 1 is 0.947 bits per heavy atom. The third kappa shape index (κ3) is 4.60. The highest BCUT2D eigenvalue weighted by atomic mass is 14.2. The minimum absolute atomic E-state index is 0.696. The Kier molecular flexibility index (Phi) is 11.2. The Morgan fingerprint density at radius 3 is 1.68 bits per heavy atom. The molecule has 0 aliphatic heterocycles. The Labute approximate surface area is 117 Å². The molecule has 0 fully saturated rings. The second-order valence-corrected chi connectivity index (χ2v) is 3.30. The molecule has 1 nitrogen and oxygen atoms in total. The van der Waals surface area contributed by atoms with Gasteiger partial charge in [0.05, 0.1) is 11.6 Å². The summed E-state index contributed by atoms with van der Waals surface area (Å²) >= 11 is 0. The van der Waals surface area contributed by atoms with E-state index in [1.807, 2.05) is 58.9 Å². The molecule has 1 aromatic carbocycles. The van der Waals surface area contributed by atoms with Crippen molar-refractivity contribution in [3.63, 3.8) is 0 Å². The minimum atomic E-state index is 0.696.